The average molecular weight is 225 g/mol. The smallest absolute Gasteiger partial charge is 0.0625 e. The lowest BCUT2D eigenvalue weighted by atomic mass is 9.95. The van der Waals surface area contributed by atoms with Crippen LogP contribution in [0.25, 0.3) is 0 Å². The monoisotopic (exact) mass is 225 g/mol. The molecule has 1 N–H and O–H groups in total. The number of rotatable bonds is 3. The predicted octanol–water partition coefficient (Wildman–Crippen LogP) is 2.04. The molecule has 1 aliphatic carbocycles. The first-order valence-electron chi connectivity index (χ1n) is 5.62. The van der Waals surface area contributed by atoms with Gasteiger partial charge in [-0.05, 0) is 19.9 Å². The molecular formula is C11H19N3S. The maximum Gasteiger partial charge on any atom is 0.0625 e. The molecule has 1 saturated carbocycles. The molecule has 2 unspecified atom stereocenters. The summed E-state index contributed by atoms with van der Waals surface area (Å²) in [5.74, 6) is 0. The van der Waals surface area contributed by atoms with Gasteiger partial charge in [0.2, 0.25) is 0 Å². The molecule has 1 aliphatic rings. The van der Waals surface area contributed by atoms with Gasteiger partial charge in [0, 0.05) is 29.4 Å². The second-order valence-corrected chi connectivity index (χ2v) is 5.50. The largest absolute Gasteiger partial charge is 0.316 e. The van der Waals surface area contributed by atoms with E-state index in [0.717, 1.165) is 0 Å². The predicted molar refractivity (Wildman–Crippen MR) is 64.2 cm³/mol. The molecule has 1 fully saturated rings. The third kappa shape index (κ3) is 2.75. The van der Waals surface area contributed by atoms with Gasteiger partial charge in [0.1, 0.15) is 0 Å². The molecule has 0 saturated heterocycles. The van der Waals surface area contributed by atoms with E-state index in [2.05, 4.69) is 23.7 Å². The Morgan fingerprint density at radius 3 is 2.93 bits per heavy atom. The number of aryl methyl sites for hydroxylation is 1. The van der Waals surface area contributed by atoms with Gasteiger partial charge in [0.05, 0.1) is 6.20 Å². The van der Waals surface area contributed by atoms with Gasteiger partial charge in [0.15, 0.2) is 0 Å². The van der Waals surface area contributed by atoms with E-state index in [4.69, 9.17) is 0 Å². The molecule has 0 aromatic carbocycles. The highest BCUT2D eigenvalue weighted by Gasteiger charge is 2.24. The molecule has 4 heteroatoms. The van der Waals surface area contributed by atoms with Gasteiger partial charge in [0.25, 0.3) is 0 Å². The second kappa shape index (κ2) is 5.03. The zero-order valence-corrected chi connectivity index (χ0v) is 10.3. The number of hydrogen-bond acceptors (Lipinski definition) is 3. The topological polar surface area (TPSA) is 29.9 Å². The highest BCUT2D eigenvalue weighted by atomic mass is 32.2. The van der Waals surface area contributed by atoms with E-state index in [1.165, 1.54) is 30.6 Å². The lowest BCUT2D eigenvalue weighted by Gasteiger charge is -2.30. The summed E-state index contributed by atoms with van der Waals surface area (Å²) in [6, 6.07) is 0.670. The highest BCUT2D eigenvalue weighted by molar-refractivity contribution is 8.00. The van der Waals surface area contributed by atoms with Crippen LogP contribution in [0.15, 0.2) is 17.3 Å². The van der Waals surface area contributed by atoms with Crippen molar-refractivity contribution in [1.29, 1.82) is 0 Å². The number of hydrogen-bond donors (Lipinski definition) is 1. The van der Waals surface area contributed by atoms with E-state index in [1.54, 1.807) is 0 Å². The van der Waals surface area contributed by atoms with Crippen LogP contribution in [0.4, 0.5) is 0 Å². The SMILES string of the molecule is CNC1CCCCC1Sc1cnn(C)c1. The van der Waals surface area contributed by atoms with Gasteiger partial charge in [-0.25, -0.2) is 0 Å². The molecule has 2 rings (SSSR count). The molecule has 0 amide bonds. The molecule has 2 atom stereocenters. The number of nitrogens with zero attached hydrogens (tertiary/aromatic N) is 2. The maximum absolute atomic E-state index is 4.21. The van der Waals surface area contributed by atoms with E-state index in [9.17, 15) is 0 Å². The lowest BCUT2D eigenvalue weighted by molar-refractivity contribution is 0.405. The normalized spacial score (nSPS) is 26.8. The average Bonchev–Trinajstić information content (AvgIpc) is 2.65. The van der Waals surface area contributed by atoms with Crippen molar-refractivity contribution >= 4 is 11.8 Å². The Morgan fingerprint density at radius 2 is 2.27 bits per heavy atom. The summed E-state index contributed by atoms with van der Waals surface area (Å²) in [5.41, 5.74) is 0. The summed E-state index contributed by atoms with van der Waals surface area (Å²) < 4.78 is 1.87. The van der Waals surface area contributed by atoms with Crippen molar-refractivity contribution in [3.8, 4) is 0 Å². The summed E-state index contributed by atoms with van der Waals surface area (Å²) in [4.78, 5) is 1.30. The minimum atomic E-state index is 0.670. The van der Waals surface area contributed by atoms with E-state index < -0.39 is 0 Å². The lowest BCUT2D eigenvalue weighted by Crippen LogP contribution is -2.38. The van der Waals surface area contributed by atoms with Crippen molar-refractivity contribution in [2.45, 2.75) is 41.9 Å². The van der Waals surface area contributed by atoms with Crippen molar-refractivity contribution in [2.24, 2.45) is 7.05 Å². The Hall–Kier alpha value is -0.480. The molecule has 0 spiro atoms. The number of thioether (sulfide) groups is 1. The van der Waals surface area contributed by atoms with Crippen molar-refractivity contribution in [3.05, 3.63) is 12.4 Å². The van der Waals surface area contributed by atoms with Crippen LogP contribution in [0.2, 0.25) is 0 Å². The first-order chi connectivity index (χ1) is 7.29. The Labute approximate surface area is 95.6 Å². The molecule has 84 valence electrons. The van der Waals surface area contributed by atoms with Crippen LogP contribution in [0.1, 0.15) is 25.7 Å². The van der Waals surface area contributed by atoms with Gasteiger partial charge in [-0.2, -0.15) is 5.10 Å². The zero-order chi connectivity index (χ0) is 10.7. The minimum Gasteiger partial charge on any atom is -0.316 e. The maximum atomic E-state index is 4.21. The molecule has 0 radical (unpaired) electrons. The van der Waals surface area contributed by atoms with Crippen LogP contribution in [0.5, 0.6) is 0 Å². The Morgan fingerprint density at radius 1 is 1.47 bits per heavy atom. The number of nitrogens with one attached hydrogen (secondary N) is 1. The van der Waals surface area contributed by atoms with Gasteiger partial charge < -0.3 is 5.32 Å². The minimum absolute atomic E-state index is 0.670. The molecule has 1 aromatic rings. The van der Waals surface area contributed by atoms with E-state index >= 15 is 0 Å². The molecular weight excluding hydrogens is 206 g/mol. The van der Waals surface area contributed by atoms with Crippen molar-refractivity contribution in [2.75, 3.05) is 7.05 Å². The molecule has 0 bridgehead atoms. The van der Waals surface area contributed by atoms with Gasteiger partial charge in [-0.15, -0.1) is 11.8 Å². The summed E-state index contributed by atoms with van der Waals surface area (Å²) in [6.45, 7) is 0. The molecule has 1 heterocycles. The van der Waals surface area contributed by atoms with Crippen LogP contribution in [0, 0.1) is 0 Å². The van der Waals surface area contributed by atoms with Crippen molar-refractivity contribution in [1.82, 2.24) is 15.1 Å². The van der Waals surface area contributed by atoms with Crippen LogP contribution in [-0.4, -0.2) is 28.1 Å². The van der Waals surface area contributed by atoms with Crippen LogP contribution in [-0.2, 0) is 7.05 Å². The summed E-state index contributed by atoms with van der Waals surface area (Å²) >= 11 is 1.97. The van der Waals surface area contributed by atoms with Crippen molar-refractivity contribution < 1.29 is 0 Å². The third-order valence-electron chi connectivity index (χ3n) is 3.04. The van der Waals surface area contributed by atoms with Gasteiger partial charge in [-0.3, -0.25) is 4.68 Å². The molecule has 0 aliphatic heterocycles. The Bertz CT molecular complexity index is 311. The van der Waals surface area contributed by atoms with Crippen LogP contribution >= 0.6 is 11.8 Å². The first kappa shape index (κ1) is 11.0. The fourth-order valence-electron chi connectivity index (χ4n) is 2.20. The third-order valence-corrected chi connectivity index (χ3v) is 4.39. The van der Waals surface area contributed by atoms with E-state index in [0.29, 0.717) is 11.3 Å². The Kier molecular flexibility index (Phi) is 3.70. The van der Waals surface area contributed by atoms with Crippen molar-refractivity contribution in [3.63, 3.8) is 0 Å². The fourth-order valence-corrected chi connectivity index (χ4v) is 3.59. The summed E-state index contributed by atoms with van der Waals surface area (Å²) in [7, 11) is 4.05. The quantitative estimate of drug-likeness (QED) is 0.854. The molecule has 15 heavy (non-hydrogen) atoms. The second-order valence-electron chi connectivity index (χ2n) is 4.19. The number of aromatic nitrogens is 2. The van der Waals surface area contributed by atoms with Gasteiger partial charge in [-0.1, -0.05) is 12.8 Å². The van der Waals surface area contributed by atoms with Crippen LogP contribution in [0.3, 0.4) is 0 Å². The fraction of sp³-hybridized carbons (Fsp3) is 0.727. The highest BCUT2D eigenvalue weighted by Crippen LogP contribution is 2.33. The molecule has 3 nitrogen and oxygen atoms in total. The van der Waals surface area contributed by atoms with E-state index in [1.807, 2.05) is 29.7 Å². The Balaban J connectivity index is 1.97. The summed E-state index contributed by atoms with van der Waals surface area (Å²) in [6.07, 6.45) is 9.45. The standard InChI is InChI=1S/C11H19N3S/c1-12-10-5-3-4-6-11(10)15-9-7-13-14(2)8-9/h7-8,10-12H,3-6H2,1-2H3. The molecule has 1 aromatic heterocycles. The van der Waals surface area contributed by atoms with E-state index in [-0.39, 0.29) is 0 Å². The first-order valence-corrected chi connectivity index (χ1v) is 6.50. The summed E-state index contributed by atoms with van der Waals surface area (Å²) in [5, 5.41) is 8.36. The van der Waals surface area contributed by atoms with Crippen LogP contribution < -0.4 is 5.32 Å². The van der Waals surface area contributed by atoms with Gasteiger partial charge >= 0.3 is 0 Å². The zero-order valence-electron chi connectivity index (χ0n) is 9.44.